The van der Waals surface area contributed by atoms with Gasteiger partial charge in [-0.1, -0.05) is 24.3 Å². The number of nitrogens with one attached hydrogen (secondary N) is 2. The average Bonchev–Trinajstić information content (AvgIpc) is 2.58. The summed E-state index contributed by atoms with van der Waals surface area (Å²) in [7, 11) is 0. The third kappa shape index (κ3) is 4.04. The van der Waals surface area contributed by atoms with Crippen molar-refractivity contribution in [1.82, 2.24) is 0 Å². The van der Waals surface area contributed by atoms with Crippen molar-refractivity contribution in [3.8, 4) is 6.07 Å². The summed E-state index contributed by atoms with van der Waals surface area (Å²) in [6.07, 6.45) is 0. The Kier molecular flexibility index (Phi) is 5.23. The molecule has 128 valence electrons. The van der Waals surface area contributed by atoms with Crippen LogP contribution in [0.1, 0.15) is 30.5 Å². The topological polar surface area (TPSA) is 82.0 Å². The van der Waals surface area contributed by atoms with Crippen LogP contribution in [0.4, 0.5) is 11.4 Å². The van der Waals surface area contributed by atoms with Gasteiger partial charge in [0.05, 0.1) is 11.3 Å². The average molecular weight is 335 g/mol. The predicted octanol–water partition coefficient (Wildman–Crippen LogP) is 3.78. The molecule has 0 bridgehead atoms. The van der Waals surface area contributed by atoms with Crippen molar-refractivity contribution in [3.63, 3.8) is 0 Å². The molecule has 0 aliphatic rings. The minimum atomic E-state index is -1.31. The second-order valence-electron chi connectivity index (χ2n) is 6.51. The number of para-hydroxylation sites is 1. The van der Waals surface area contributed by atoms with E-state index in [2.05, 4.69) is 10.6 Å². The number of aryl methyl sites for hydroxylation is 2. The van der Waals surface area contributed by atoms with Crippen molar-refractivity contribution in [1.29, 1.82) is 5.26 Å². The predicted molar refractivity (Wildman–Crippen MR) is 98.1 cm³/mol. The van der Waals surface area contributed by atoms with Crippen LogP contribution >= 0.6 is 0 Å². The Balaban J connectivity index is 2.19. The highest BCUT2D eigenvalue weighted by atomic mass is 16.2. The van der Waals surface area contributed by atoms with Crippen molar-refractivity contribution < 1.29 is 9.59 Å². The van der Waals surface area contributed by atoms with Gasteiger partial charge in [0.2, 0.25) is 11.8 Å². The van der Waals surface area contributed by atoms with Gasteiger partial charge < -0.3 is 10.6 Å². The van der Waals surface area contributed by atoms with Crippen LogP contribution < -0.4 is 10.6 Å². The van der Waals surface area contributed by atoms with Crippen LogP contribution in [0.15, 0.2) is 42.5 Å². The van der Waals surface area contributed by atoms with Gasteiger partial charge in [0.1, 0.15) is 11.5 Å². The highest BCUT2D eigenvalue weighted by Crippen LogP contribution is 2.24. The van der Waals surface area contributed by atoms with Gasteiger partial charge in [0.25, 0.3) is 0 Å². The van der Waals surface area contributed by atoms with Gasteiger partial charge in [-0.05, 0) is 57.0 Å². The van der Waals surface area contributed by atoms with Crippen molar-refractivity contribution in [2.24, 2.45) is 5.41 Å². The molecule has 25 heavy (non-hydrogen) atoms. The number of anilines is 2. The Bertz CT molecular complexity index is 863. The molecule has 5 heteroatoms. The van der Waals surface area contributed by atoms with Crippen molar-refractivity contribution >= 4 is 23.2 Å². The first-order chi connectivity index (χ1) is 11.8. The van der Waals surface area contributed by atoms with Gasteiger partial charge in [-0.2, -0.15) is 5.26 Å². The molecular formula is C20H21N3O2. The molecule has 2 aromatic rings. The lowest BCUT2D eigenvalue weighted by molar-refractivity contribution is -0.135. The standard InChI is InChI=1S/C20H21N3O2/c1-13-9-10-14(2)17(11-13)23-19(25)20(3,4)18(24)22-16-8-6-5-7-15(16)12-21/h5-11H,1-4H3,(H,22,24)(H,23,25). The Morgan fingerprint density at radius 1 is 0.960 bits per heavy atom. The molecule has 0 aliphatic carbocycles. The first-order valence-electron chi connectivity index (χ1n) is 7.95. The van der Waals surface area contributed by atoms with Crippen LogP contribution in [0.2, 0.25) is 0 Å². The van der Waals surface area contributed by atoms with Gasteiger partial charge in [0, 0.05) is 5.69 Å². The van der Waals surface area contributed by atoms with Crippen molar-refractivity contribution in [2.75, 3.05) is 10.6 Å². The van der Waals surface area contributed by atoms with Crippen LogP contribution in [-0.4, -0.2) is 11.8 Å². The molecule has 0 radical (unpaired) electrons. The number of benzene rings is 2. The fourth-order valence-electron chi connectivity index (χ4n) is 2.22. The molecular weight excluding hydrogens is 314 g/mol. The molecule has 2 N–H and O–H groups in total. The number of hydrogen-bond acceptors (Lipinski definition) is 3. The first-order valence-corrected chi connectivity index (χ1v) is 7.95. The second-order valence-corrected chi connectivity index (χ2v) is 6.51. The smallest absolute Gasteiger partial charge is 0.239 e. The van der Waals surface area contributed by atoms with Crippen LogP contribution in [0.25, 0.3) is 0 Å². The van der Waals surface area contributed by atoms with E-state index in [1.54, 1.807) is 38.1 Å². The molecule has 0 fully saturated rings. The van der Waals surface area contributed by atoms with Crippen LogP contribution in [0, 0.1) is 30.6 Å². The zero-order valence-electron chi connectivity index (χ0n) is 14.8. The number of amides is 2. The molecule has 0 saturated carbocycles. The summed E-state index contributed by atoms with van der Waals surface area (Å²) in [4.78, 5) is 25.3. The lowest BCUT2D eigenvalue weighted by Crippen LogP contribution is -2.41. The summed E-state index contributed by atoms with van der Waals surface area (Å²) in [5, 5.41) is 14.6. The number of carbonyl (C=O) groups is 2. The highest BCUT2D eigenvalue weighted by Gasteiger charge is 2.36. The fraction of sp³-hybridized carbons (Fsp3) is 0.250. The minimum absolute atomic E-state index is 0.349. The van der Waals surface area contributed by atoms with E-state index >= 15 is 0 Å². The zero-order chi connectivity index (χ0) is 18.6. The molecule has 0 saturated heterocycles. The van der Waals surface area contributed by atoms with E-state index in [1.807, 2.05) is 38.1 Å². The fourth-order valence-corrected chi connectivity index (χ4v) is 2.22. The second kappa shape index (κ2) is 7.18. The summed E-state index contributed by atoms with van der Waals surface area (Å²) in [5.41, 5.74) is 2.06. The third-order valence-corrected chi connectivity index (χ3v) is 4.07. The molecule has 0 aliphatic heterocycles. The van der Waals surface area contributed by atoms with Crippen molar-refractivity contribution in [2.45, 2.75) is 27.7 Å². The van der Waals surface area contributed by atoms with E-state index in [-0.39, 0.29) is 0 Å². The maximum Gasteiger partial charge on any atom is 0.239 e. The van der Waals surface area contributed by atoms with E-state index in [4.69, 9.17) is 5.26 Å². The number of nitriles is 1. The maximum absolute atomic E-state index is 12.6. The lowest BCUT2D eigenvalue weighted by atomic mass is 9.90. The summed E-state index contributed by atoms with van der Waals surface area (Å²) in [5.74, 6) is -0.883. The quantitative estimate of drug-likeness (QED) is 0.834. The normalized spacial score (nSPS) is 10.7. The summed E-state index contributed by atoms with van der Waals surface area (Å²) < 4.78 is 0. The number of rotatable bonds is 4. The van der Waals surface area contributed by atoms with Gasteiger partial charge >= 0.3 is 0 Å². The first kappa shape index (κ1) is 18.2. The molecule has 2 rings (SSSR count). The molecule has 2 aromatic carbocycles. The van der Waals surface area contributed by atoms with E-state index in [1.165, 1.54) is 0 Å². The van der Waals surface area contributed by atoms with Crippen molar-refractivity contribution in [3.05, 3.63) is 59.2 Å². The maximum atomic E-state index is 12.6. The molecule has 0 heterocycles. The SMILES string of the molecule is Cc1ccc(C)c(NC(=O)C(C)(C)C(=O)Nc2ccccc2C#N)c1. The van der Waals surface area contributed by atoms with E-state index in [9.17, 15) is 9.59 Å². The Hall–Kier alpha value is -3.13. The molecule has 0 atom stereocenters. The Labute approximate surface area is 147 Å². The van der Waals surface area contributed by atoms with Crippen LogP contribution in [0.3, 0.4) is 0 Å². The monoisotopic (exact) mass is 335 g/mol. The van der Waals surface area contributed by atoms with E-state index < -0.39 is 17.2 Å². The molecule has 0 spiro atoms. The zero-order valence-corrected chi connectivity index (χ0v) is 14.8. The van der Waals surface area contributed by atoms with Gasteiger partial charge in [-0.3, -0.25) is 9.59 Å². The van der Waals surface area contributed by atoms with Gasteiger partial charge in [-0.15, -0.1) is 0 Å². The minimum Gasteiger partial charge on any atom is -0.325 e. The summed E-state index contributed by atoms with van der Waals surface area (Å²) >= 11 is 0. The van der Waals surface area contributed by atoms with E-state index in [0.29, 0.717) is 16.9 Å². The lowest BCUT2D eigenvalue weighted by Gasteiger charge is -2.23. The molecule has 0 aromatic heterocycles. The van der Waals surface area contributed by atoms with Crippen LogP contribution in [0.5, 0.6) is 0 Å². The largest absolute Gasteiger partial charge is 0.325 e. The van der Waals surface area contributed by atoms with Gasteiger partial charge in [0.15, 0.2) is 0 Å². The molecule has 5 nitrogen and oxygen atoms in total. The van der Waals surface area contributed by atoms with E-state index in [0.717, 1.165) is 11.1 Å². The Morgan fingerprint density at radius 3 is 2.20 bits per heavy atom. The van der Waals surface area contributed by atoms with Gasteiger partial charge in [-0.25, -0.2) is 0 Å². The Morgan fingerprint density at radius 2 is 1.56 bits per heavy atom. The number of nitrogens with zero attached hydrogens (tertiary/aromatic N) is 1. The van der Waals surface area contributed by atoms with Crippen LogP contribution in [-0.2, 0) is 9.59 Å². The third-order valence-electron chi connectivity index (χ3n) is 4.07. The summed E-state index contributed by atoms with van der Waals surface area (Å²) in [6.45, 7) is 6.94. The molecule has 0 unspecified atom stereocenters. The molecule has 2 amide bonds. The number of hydrogen-bond donors (Lipinski definition) is 2. The number of carbonyl (C=O) groups excluding carboxylic acids is 2. The summed E-state index contributed by atoms with van der Waals surface area (Å²) in [6, 6.07) is 14.4. The highest BCUT2D eigenvalue weighted by molar-refractivity contribution is 6.14.